The monoisotopic (exact) mass is 206 g/mol. The zero-order chi connectivity index (χ0) is 11.3. The topological polar surface area (TPSA) is 55.1 Å². The van der Waals surface area contributed by atoms with Crippen LogP contribution in [0.25, 0.3) is 0 Å². The first kappa shape index (κ1) is 11.6. The van der Waals surface area contributed by atoms with E-state index in [2.05, 4.69) is 19.2 Å². The molecule has 0 aliphatic heterocycles. The minimum atomic E-state index is -0.386. The predicted molar refractivity (Wildman–Crippen MR) is 62.9 cm³/mol. The lowest BCUT2D eigenvalue weighted by Crippen LogP contribution is -2.12. The molecule has 1 aromatic rings. The zero-order valence-corrected chi connectivity index (χ0v) is 9.29. The van der Waals surface area contributed by atoms with Crippen LogP contribution in [0.5, 0.6) is 0 Å². The maximum Gasteiger partial charge on any atom is 0.248 e. The van der Waals surface area contributed by atoms with Crippen LogP contribution in [0.2, 0.25) is 0 Å². The lowest BCUT2D eigenvalue weighted by atomic mass is 10.1. The fraction of sp³-hybridized carbons (Fsp3) is 0.417. The van der Waals surface area contributed by atoms with Gasteiger partial charge in [0, 0.05) is 17.8 Å². The first-order valence-electron chi connectivity index (χ1n) is 5.27. The molecule has 1 unspecified atom stereocenters. The van der Waals surface area contributed by atoms with E-state index in [-0.39, 0.29) is 5.91 Å². The molecule has 0 bridgehead atoms. The van der Waals surface area contributed by atoms with Gasteiger partial charge in [0.15, 0.2) is 0 Å². The van der Waals surface area contributed by atoms with Crippen molar-refractivity contribution in [2.24, 2.45) is 11.7 Å². The van der Waals surface area contributed by atoms with Gasteiger partial charge < -0.3 is 11.1 Å². The summed E-state index contributed by atoms with van der Waals surface area (Å²) in [4.78, 5) is 10.8. The Labute approximate surface area is 90.7 Å². The molecule has 1 amide bonds. The van der Waals surface area contributed by atoms with Gasteiger partial charge in [0.25, 0.3) is 0 Å². The molecule has 1 rings (SSSR count). The summed E-state index contributed by atoms with van der Waals surface area (Å²) in [6.45, 7) is 5.32. The molecule has 0 spiro atoms. The number of amides is 1. The number of anilines is 1. The van der Waals surface area contributed by atoms with Crippen molar-refractivity contribution in [3.8, 4) is 0 Å². The maximum atomic E-state index is 10.8. The quantitative estimate of drug-likeness (QED) is 0.776. The fourth-order valence-electron chi connectivity index (χ4n) is 1.19. The molecule has 3 N–H and O–H groups in total. The molecule has 0 aromatic heterocycles. The summed E-state index contributed by atoms with van der Waals surface area (Å²) in [6, 6.07) is 7.23. The minimum Gasteiger partial charge on any atom is -0.385 e. The van der Waals surface area contributed by atoms with Gasteiger partial charge in [-0.3, -0.25) is 4.79 Å². The molecule has 1 atom stereocenters. The third-order valence-electron chi connectivity index (χ3n) is 2.52. The van der Waals surface area contributed by atoms with Gasteiger partial charge in [-0.05, 0) is 30.2 Å². The smallest absolute Gasteiger partial charge is 0.248 e. The number of benzene rings is 1. The average Bonchev–Trinajstić information content (AvgIpc) is 2.26. The maximum absolute atomic E-state index is 10.8. The summed E-state index contributed by atoms with van der Waals surface area (Å²) >= 11 is 0. The van der Waals surface area contributed by atoms with Crippen molar-refractivity contribution in [1.29, 1.82) is 0 Å². The van der Waals surface area contributed by atoms with E-state index in [9.17, 15) is 4.79 Å². The highest BCUT2D eigenvalue weighted by Gasteiger charge is 2.01. The molecule has 0 saturated carbocycles. The van der Waals surface area contributed by atoms with Gasteiger partial charge in [0.05, 0.1) is 0 Å². The lowest BCUT2D eigenvalue weighted by Gasteiger charge is -2.11. The van der Waals surface area contributed by atoms with Crippen molar-refractivity contribution in [1.82, 2.24) is 0 Å². The van der Waals surface area contributed by atoms with E-state index in [4.69, 9.17) is 5.73 Å². The van der Waals surface area contributed by atoms with Crippen LogP contribution >= 0.6 is 0 Å². The Morgan fingerprint density at radius 2 is 2.00 bits per heavy atom. The minimum absolute atomic E-state index is 0.386. The van der Waals surface area contributed by atoms with Gasteiger partial charge in [-0.1, -0.05) is 20.3 Å². The van der Waals surface area contributed by atoms with Crippen molar-refractivity contribution < 1.29 is 4.79 Å². The van der Waals surface area contributed by atoms with E-state index in [1.54, 1.807) is 12.1 Å². The Kier molecular flexibility index (Phi) is 4.16. The molecule has 0 radical (unpaired) electrons. The largest absolute Gasteiger partial charge is 0.385 e. The van der Waals surface area contributed by atoms with Crippen LogP contribution in [0.3, 0.4) is 0 Å². The van der Waals surface area contributed by atoms with Crippen molar-refractivity contribution in [2.75, 3.05) is 11.9 Å². The Morgan fingerprint density at radius 1 is 1.40 bits per heavy atom. The van der Waals surface area contributed by atoms with E-state index in [0.29, 0.717) is 11.5 Å². The van der Waals surface area contributed by atoms with E-state index >= 15 is 0 Å². The first-order valence-corrected chi connectivity index (χ1v) is 5.27. The number of nitrogens with two attached hydrogens (primary N) is 1. The summed E-state index contributed by atoms with van der Waals surface area (Å²) in [7, 11) is 0. The Hall–Kier alpha value is -1.51. The third kappa shape index (κ3) is 3.62. The summed E-state index contributed by atoms with van der Waals surface area (Å²) < 4.78 is 0. The molecule has 0 heterocycles. The lowest BCUT2D eigenvalue weighted by molar-refractivity contribution is 0.100. The molecule has 1 aromatic carbocycles. The van der Waals surface area contributed by atoms with Gasteiger partial charge in [-0.15, -0.1) is 0 Å². The second-order valence-electron chi connectivity index (χ2n) is 3.84. The number of hydrogen-bond donors (Lipinski definition) is 2. The number of rotatable bonds is 5. The summed E-state index contributed by atoms with van der Waals surface area (Å²) in [6.07, 6.45) is 1.16. The first-order chi connectivity index (χ1) is 7.13. The SMILES string of the molecule is CCC(C)CNc1ccc(C(N)=O)cc1. The second-order valence-corrected chi connectivity index (χ2v) is 3.84. The van der Waals surface area contributed by atoms with Crippen molar-refractivity contribution in [2.45, 2.75) is 20.3 Å². The molecule has 15 heavy (non-hydrogen) atoms. The third-order valence-corrected chi connectivity index (χ3v) is 2.52. The number of nitrogens with one attached hydrogen (secondary N) is 1. The van der Waals surface area contributed by atoms with E-state index < -0.39 is 0 Å². The highest BCUT2D eigenvalue weighted by atomic mass is 16.1. The van der Waals surface area contributed by atoms with Crippen LogP contribution in [0.4, 0.5) is 5.69 Å². The van der Waals surface area contributed by atoms with Crippen LogP contribution < -0.4 is 11.1 Å². The second kappa shape index (κ2) is 5.39. The van der Waals surface area contributed by atoms with Crippen LogP contribution in [0.1, 0.15) is 30.6 Å². The summed E-state index contributed by atoms with van der Waals surface area (Å²) in [5.74, 6) is 0.268. The number of hydrogen-bond acceptors (Lipinski definition) is 2. The van der Waals surface area contributed by atoms with E-state index in [1.165, 1.54) is 0 Å². The summed E-state index contributed by atoms with van der Waals surface area (Å²) in [5, 5.41) is 3.31. The zero-order valence-electron chi connectivity index (χ0n) is 9.29. The molecule has 3 heteroatoms. The molecule has 82 valence electrons. The molecule has 0 aliphatic carbocycles. The van der Waals surface area contributed by atoms with Gasteiger partial charge in [0.1, 0.15) is 0 Å². The Bertz CT molecular complexity index is 319. The molecule has 0 aliphatic rings. The molecule has 3 nitrogen and oxygen atoms in total. The van der Waals surface area contributed by atoms with Gasteiger partial charge in [-0.25, -0.2) is 0 Å². The Balaban J connectivity index is 2.53. The van der Waals surface area contributed by atoms with Crippen LogP contribution in [0, 0.1) is 5.92 Å². The summed E-state index contributed by atoms with van der Waals surface area (Å²) in [5.41, 5.74) is 6.72. The normalized spacial score (nSPS) is 12.1. The van der Waals surface area contributed by atoms with E-state index in [1.807, 2.05) is 12.1 Å². The number of primary amides is 1. The highest BCUT2D eigenvalue weighted by molar-refractivity contribution is 5.93. The number of carbonyl (C=O) groups excluding carboxylic acids is 1. The molecule has 0 fully saturated rings. The van der Waals surface area contributed by atoms with Crippen molar-refractivity contribution in [3.63, 3.8) is 0 Å². The van der Waals surface area contributed by atoms with Crippen LogP contribution in [0.15, 0.2) is 24.3 Å². The van der Waals surface area contributed by atoms with Gasteiger partial charge >= 0.3 is 0 Å². The van der Waals surface area contributed by atoms with Crippen molar-refractivity contribution in [3.05, 3.63) is 29.8 Å². The van der Waals surface area contributed by atoms with Gasteiger partial charge in [0.2, 0.25) is 5.91 Å². The van der Waals surface area contributed by atoms with Gasteiger partial charge in [-0.2, -0.15) is 0 Å². The fourth-order valence-corrected chi connectivity index (χ4v) is 1.19. The molecular weight excluding hydrogens is 188 g/mol. The molecule has 0 saturated heterocycles. The Morgan fingerprint density at radius 3 is 2.47 bits per heavy atom. The van der Waals surface area contributed by atoms with E-state index in [0.717, 1.165) is 18.7 Å². The highest BCUT2D eigenvalue weighted by Crippen LogP contribution is 2.10. The molecular formula is C12H18N2O. The average molecular weight is 206 g/mol. The number of carbonyl (C=O) groups is 1. The van der Waals surface area contributed by atoms with Crippen LogP contribution in [-0.2, 0) is 0 Å². The predicted octanol–water partition coefficient (Wildman–Crippen LogP) is 2.24. The van der Waals surface area contributed by atoms with Crippen molar-refractivity contribution >= 4 is 11.6 Å². The van der Waals surface area contributed by atoms with Crippen LogP contribution in [-0.4, -0.2) is 12.5 Å². The standard InChI is InChI=1S/C12H18N2O/c1-3-9(2)8-14-11-6-4-10(5-7-11)12(13)15/h4-7,9,14H,3,8H2,1-2H3,(H2,13,15).